The van der Waals surface area contributed by atoms with Gasteiger partial charge in [0.1, 0.15) is 0 Å². The second-order valence-corrected chi connectivity index (χ2v) is 5.28. The van der Waals surface area contributed by atoms with Gasteiger partial charge in [-0.1, -0.05) is 41.9 Å². The molecule has 1 aromatic rings. The molecule has 1 atom stereocenters. The van der Waals surface area contributed by atoms with Crippen LogP contribution in [0.4, 0.5) is 0 Å². The number of halogens is 1. The highest BCUT2D eigenvalue weighted by molar-refractivity contribution is 9.10. The van der Waals surface area contributed by atoms with Gasteiger partial charge in [0.15, 0.2) is 6.10 Å². The van der Waals surface area contributed by atoms with E-state index in [2.05, 4.69) is 15.9 Å². The summed E-state index contributed by atoms with van der Waals surface area (Å²) >= 11 is 3.38. The van der Waals surface area contributed by atoms with Gasteiger partial charge in [0.2, 0.25) is 0 Å². The molecule has 0 aromatic heterocycles. The number of hydrogen-bond acceptors (Lipinski definition) is 2. The lowest BCUT2D eigenvalue weighted by molar-refractivity contribution is -0.150. The molecule has 1 unspecified atom stereocenters. The van der Waals surface area contributed by atoms with Crippen molar-refractivity contribution in [2.24, 2.45) is 0 Å². The second-order valence-electron chi connectivity index (χ2n) is 4.43. The Kier molecular flexibility index (Phi) is 3.76. The maximum Gasteiger partial charge on any atom is 0.333 e. The lowest BCUT2D eigenvalue weighted by Crippen LogP contribution is -2.39. The first-order valence-electron chi connectivity index (χ1n) is 4.94. The van der Waals surface area contributed by atoms with E-state index in [0.29, 0.717) is 0 Å². The van der Waals surface area contributed by atoms with Gasteiger partial charge in [0.05, 0.1) is 0 Å². The maximum atomic E-state index is 10.8. The number of aryl methyl sites for hydroxylation is 1. The fourth-order valence-corrected chi connectivity index (χ4v) is 1.76. The third-order valence-corrected chi connectivity index (χ3v) is 3.71. The van der Waals surface area contributed by atoms with E-state index in [1.54, 1.807) is 13.8 Å². The molecule has 0 saturated carbocycles. The summed E-state index contributed by atoms with van der Waals surface area (Å²) in [7, 11) is 0. The summed E-state index contributed by atoms with van der Waals surface area (Å²) in [6, 6.07) is 5.57. The lowest BCUT2D eigenvalue weighted by Gasteiger charge is -2.28. The van der Waals surface area contributed by atoms with E-state index in [9.17, 15) is 9.90 Å². The molecule has 0 fully saturated rings. The highest BCUT2D eigenvalue weighted by atomic mass is 79.9. The minimum atomic E-state index is -1.41. The minimum Gasteiger partial charge on any atom is -0.479 e. The van der Waals surface area contributed by atoms with Gasteiger partial charge in [-0.2, -0.15) is 0 Å². The van der Waals surface area contributed by atoms with E-state index in [4.69, 9.17) is 5.11 Å². The van der Waals surface area contributed by atoms with Gasteiger partial charge in [0, 0.05) is 9.89 Å². The van der Waals surface area contributed by atoms with Crippen LogP contribution in [0.1, 0.15) is 25.0 Å². The van der Waals surface area contributed by atoms with Crippen LogP contribution in [0.2, 0.25) is 0 Å². The van der Waals surface area contributed by atoms with Crippen molar-refractivity contribution in [1.82, 2.24) is 0 Å². The van der Waals surface area contributed by atoms with Crippen LogP contribution in [0.15, 0.2) is 22.7 Å². The van der Waals surface area contributed by atoms with Crippen LogP contribution in [-0.2, 0) is 10.2 Å². The first-order chi connectivity index (χ1) is 7.26. The van der Waals surface area contributed by atoms with Crippen LogP contribution in [-0.4, -0.2) is 22.3 Å². The predicted octanol–water partition coefficient (Wildman–Crippen LogP) is 2.48. The number of aliphatic hydroxyl groups is 1. The molecule has 0 aliphatic rings. The highest BCUT2D eigenvalue weighted by Crippen LogP contribution is 2.30. The molecule has 1 rings (SSSR count). The Balaban J connectivity index is 3.16. The Morgan fingerprint density at radius 3 is 2.44 bits per heavy atom. The molecule has 0 amide bonds. The highest BCUT2D eigenvalue weighted by Gasteiger charge is 2.35. The van der Waals surface area contributed by atoms with Crippen LogP contribution in [0.5, 0.6) is 0 Å². The predicted molar refractivity (Wildman–Crippen MR) is 65.5 cm³/mol. The van der Waals surface area contributed by atoms with Gasteiger partial charge in [-0.25, -0.2) is 4.79 Å². The summed E-state index contributed by atoms with van der Waals surface area (Å²) < 4.78 is 0.969. The summed E-state index contributed by atoms with van der Waals surface area (Å²) in [6.07, 6.45) is -1.41. The Morgan fingerprint density at radius 1 is 1.44 bits per heavy atom. The number of carboxylic acids is 1. The average Bonchev–Trinajstić information content (AvgIpc) is 2.20. The van der Waals surface area contributed by atoms with Crippen LogP contribution >= 0.6 is 15.9 Å². The molecule has 0 bridgehead atoms. The first-order valence-corrected chi connectivity index (χ1v) is 5.73. The molecule has 16 heavy (non-hydrogen) atoms. The number of rotatable bonds is 3. The van der Waals surface area contributed by atoms with E-state index >= 15 is 0 Å². The second kappa shape index (κ2) is 4.55. The summed E-state index contributed by atoms with van der Waals surface area (Å²) in [6.45, 7) is 5.36. The summed E-state index contributed by atoms with van der Waals surface area (Å²) in [4.78, 5) is 10.8. The molecule has 0 radical (unpaired) electrons. The Bertz CT molecular complexity index is 413. The van der Waals surface area contributed by atoms with Crippen molar-refractivity contribution in [1.29, 1.82) is 0 Å². The van der Waals surface area contributed by atoms with Crippen LogP contribution in [0, 0.1) is 6.92 Å². The summed E-state index contributed by atoms with van der Waals surface area (Å²) in [5.74, 6) is -1.20. The van der Waals surface area contributed by atoms with E-state index < -0.39 is 17.5 Å². The van der Waals surface area contributed by atoms with E-state index in [-0.39, 0.29) is 0 Å². The van der Waals surface area contributed by atoms with Crippen molar-refractivity contribution in [3.05, 3.63) is 33.8 Å². The molecule has 2 N–H and O–H groups in total. The zero-order valence-electron chi connectivity index (χ0n) is 9.49. The van der Waals surface area contributed by atoms with Crippen molar-refractivity contribution < 1.29 is 15.0 Å². The van der Waals surface area contributed by atoms with Gasteiger partial charge in [0.25, 0.3) is 0 Å². The number of hydrogen-bond donors (Lipinski definition) is 2. The van der Waals surface area contributed by atoms with Crippen molar-refractivity contribution in [3.63, 3.8) is 0 Å². The normalized spacial score (nSPS) is 13.6. The molecule has 0 heterocycles. The Hall–Kier alpha value is -0.870. The summed E-state index contributed by atoms with van der Waals surface area (Å²) in [5.41, 5.74) is 1.02. The molecule has 88 valence electrons. The van der Waals surface area contributed by atoms with E-state index in [0.717, 1.165) is 15.6 Å². The molecule has 0 aliphatic carbocycles. The third kappa shape index (κ3) is 2.44. The van der Waals surface area contributed by atoms with Gasteiger partial charge in [-0.3, -0.25) is 0 Å². The molecular weight excluding hydrogens is 272 g/mol. The molecular formula is C12H15BrO3. The third-order valence-electron chi connectivity index (χ3n) is 2.82. The van der Waals surface area contributed by atoms with Crippen molar-refractivity contribution in [2.45, 2.75) is 32.3 Å². The molecule has 0 saturated heterocycles. The largest absolute Gasteiger partial charge is 0.479 e. The van der Waals surface area contributed by atoms with Gasteiger partial charge < -0.3 is 10.2 Å². The van der Waals surface area contributed by atoms with Gasteiger partial charge in [-0.05, 0) is 24.1 Å². The SMILES string of the molecule is Cc1cc(C(C)(C)C(O)C(=O)O)ccc1Br. The lowest BCUT2D eigenvalue weighted by atomic mass is 9.79. The van der Waals surface area contributed by atoms with E-state index in [1.165, 1.54) is 0 Å². The molecule has 3 nitrogen and oxygen atoms in total. The fraction of sp³-hybridized carbons (Fsp3) is 0.417. The smallest absolute Gasteiger partial charge is 0.333 e. The number of aliphatic carboxylic acids is 1. The van der Waals surface area contributed by atoms with Gasteiger partial charge in [-0.15, -0.1) is 0 Å². The van der Waals surface area contributed by atoms with Crippen LogP contribution in [0.25, 0.3) is 0 Å². The quantitative estimate of drug-likeness (QED) is 0.898. The zero-order chi connectivity index (χ0) is 12.5. The summed E-state index contributed by atoms with van der Waals surface area (Å²) in [5, 5.41) is 18.5. The standard InChI is InChI=1S/C12H15BrO3/c1-7-6-8(4-5-9(7)13)12(2,3)10(14)11(15)16/h4-6,10,14H,1-3H3,(H,15,16). The minimum absolute atomic E-state index is 0.808. The fourth-order valence-electron chi connectivity index (χ4n) is 1.51. The molecule has 1 aromatic carbocycles. The maximum absolute atomic E-state index is 10.8. The van der Waals surface area contributed by atoms with Crippen molar-refractivity contribution >= 4 is 21.9 Å². The van der Waals surface area contributed by atoms with E-state index in [1.807, 2.05) is 25.1 Å². The van der Waals surface area contributed by atoms with Crippen LogP contribution in [0.3, 0.4) is 0 Å². The topological polar surface area (TPSA) is 57.5 Å². The number of aliphatic hydroxyl groups excluding tert-OH is 1. The molecule has 4 heteroatoms. The molecule has 0 aliphatic heterocycles. The number of carboxylic acid groups (broad SMARTS) is 1. The van der Waals surface area contributed by atoms with Gasteiger partial charge >= 0.3 is 5.97 Å². The average molecular weight is 287 g/mol. The van der Waals surface area contributed by atoms with Crippen molar-refractivity contribution in [3.8, 4) is 0 Å². The number of carbonyl (C=O) groups is 1. The zero-order valence-corrected chi connectivity index (χ0v) is 11.1. The monoisotopic (exact) mass is 286 g/mol. The van der Waals surface area contributed by atoms with Crippen molar-refractivity contribution in [2.75, 3.05) is 0 Å². The Morgan fingerprint density at radius 2 is 2.00 bits per heavy atom. The first kappa shape index (κ1) is 13.2. The Labute approximate surface area is 103 Å². The number of benzene rings is 1. The molecule has 0 spiro atoms. The van der Waals surface area contributed by atoms with Crippen LogP contribution < -0.4 is 0 Å².